The molecular formula is C18H25N. The Bertz CT molecular complexity index is 448. The van der Waals surface area contributed by atoms with E-state index in [0.29, 0.717) is 6.04 Å². The molecule has 3 rings (SSSR count). The SMILES string of the molecule is CCCN(C)[C@@H]1C(c2ccccc2)=CC2CCC1C2. The standard InChI is InChI=1S/C18H25N/c1-3-11-19(2)18-16-10-9-14(12-16)13-17(18)15-7-5-4-6-8-15/h4-8,13-14,16,18H,3,9-12H2,1-2H3/t14?,16?,18-/m0/s1. The Morgan fingerprint density at radius 2 is 1.95 bits per heavy atom. The van der Waals surface area contributed by atoms with Crippen LogP contribution in [0.5, 0.6) is 0 Å². The molecule has 102 valence electrons. The van der Waals surface area contributed by atoms with E-state index in [0.717, 1.165) is 11.8 Å². The first kappa shape index (κ1) is 12.9. The fourth-order valence-electron chi connectivity index (χ4n) is 4.08. The molecule has 0 spiro atoms. The number of benzene rings is 1. The van der Waals surface area contributed by atoms with E-state index in [2.05, 4.69) is 55.3 Å². The average Bonchev–Trinajstić information content (AvgIpc) is 2.81. The van der Waals surface area contributed by atoms with Crippen LogP contribution in [0.25, 0.3) is 5.57 Å². The molecule has 2 bridgehead atoms. The maximum absolute atomic E-state index is 2.59. The second kappa shape index (κ2) is 5.50. The van der Waals surface area contributed by atoms with Crippen LogP contribution >= 0.6 is 0 Å². The number of allylic oxidation sites excluding steroid dienone is 1. The fourth-order valence-corrected chi connectivity index (χ4v) is 4.08. The first-order valence-electron chi connectivity index (χ1n) is 7.77. The average molecular weight is 255 g/mol. The van der Waals surface area contributed by atoms with Crippen molar-refractivity contribution in [3.05, 3.63) is 42.0 Å². The van der Waals surface area contributed by atoms with Crippen molar-refractivity contribution in [2.75, 3.05) is 13.6 Å². The lowest BCUT2D eigenvalue weighted by Crippen LogP contribution is -2.40. The highest BCUT2D eigenvalue weighted by Gasteiger charge is 2.38. The maximum Gasteiger partial charge on any atom is 0.0376 e. The van der Waals surface area contributed by atoms with Gasteiger partial charge in [0.1, 0.15) is 0 Å². The van der Waals surface area contributed by atoms with Gasteiger partial charge in [0, 0.05) is 6.04 Å². The molecule has 1 heteroatoms. The van der Waals surface area contributed by atoms with E-state index in [-0.39, 0.29) is 0 Å². The van der Waals surface area contributed by atoms with Crippen LogP contribution in [0.4, 0.5) is 0 Å². The zero-order valence-corrected chi connectivity index (χ0v) is 12.2. The van der Waals surface area contributed by atoms with Gasteiger partial charge in [-0.3, -0.25) is 4.90 Å². The first-order valence-corrected chi connectivity index (χ1v) is 7.77. The number of fused-ring (bicyclic) bond motifs is 2. The molecule has 2 aliphatic carbocycles. The third-order valence-corrected chi connectivity index (χ3v) is 4.85. The predicted octanol–water partition coefficient (Wildman–Crippen LogP) is 4.21. The summed E-state index contributed by atoms with van der Waals surface area (Å²) in [6.45, 7) is 3.48. The van der Waals surface area contributed by atoms with Crippen molar-refractivity contribution in [1.29, 1.82) is 0 Å². The topological polar surface area (TPSA) is 3.24 Å². The molecule has 3 atom stereocenters. The molecule has 0 saturated heterocycles. The van der Waals surface area contributed by atoms with Gasteiger partial charge in [-0.05, 0) is 62.2 Å². The van der Waals surface area contributed by atoms with Gasteiger partial charge < -0.3 is 0 Å². The molecule has 0 radical (unpaired) electrons. The molecule has 0 heterocycles. The molecule has 2 unspecified atom stereocenters. The Hall–Kier alpha value is -1.08. The summed E-state index contributed by atoms with van der Waals surface area (Å²) < 4.78 is 0. The van der Waals surface area contributed by atoms with Crippen LogP contribution < -0.4 is 0 Å². The van der Waals surface area contributed by atoms with Crippen molar-refractivity contribution >= 4 is 5.57 Å². The second-order valence-corrected chi connectivity index (χ2v) is 6.25. The van der Waals surface area contributed by atoms with Gasteiger partial charge in [0.15, 0.2) is 0 Å². The van der Waals surface area contributed by atoms with Gasteiger partial charge in [-0.2, -0.15) is 0 Å². The normalized spacial score (nSPS) is 29.6. The van der Waals surface area contributed by atoms with E-state index in [4.69, 9.17) is 0 Å². The number of rotatable bonds is 4. The highest BCUT2D eigenvalue weighted by molar-refractivity contribution is 5.71. The van der Waals surface area contributed by atoms with E-state index < -0.39 is 0 Å². The monoisotopic (exact) mass is 255 g/mol. The van der Waals surface area contributed by atoms with Crippen LogP contribution in [0.2, 0.25) is 0 Å². The third kappa shape index (κ3) is 2.49. The van der Waals surface area contributed by atoms with E-state index >= 15 is 0 Å². The van der Waals surface area contributed by atoms with Gasteiger partial charge in [0.25, 0.3) is 0 Å². The van der Waals surface area contributed by atoms with Gasteiger partial charge >= 0.3 is 0 Å². The van der Waals surface area contributed by atoms with Crippen molar-refractivity contribution in [3.63, 3.8) is 0 Å². The van der Waals surface area contributed by atoms with Crippen molar-refractivity contribution in [3.8, 4) is 0 Å². The van der Waals surface area contributed by atoms with E-state index in [1.807, 2.05) is 0 Å². The molecule has 0 aliphatic heterocycles. The van der Waals surface area contributed by atoms with E-state index in [9.17, 15) is 0 Å². The number of nitrogens with zero attached hydrogens (tertiary/aromatic N) is 1. The molecule has 1 fully saturated rings. The Morgan fingerprint density at radius 3 is 2.68 bits per heavy atom. The molecule has 0 amide bonds. The summed E-state index contributed by atoms with van der Waals surface area (Å²) in [7, 11) is 2.31. The molecule has 19 heavy (non-hydrogen) atoms. The van der Waals surface area contributed by atoms with Gasteiger partial charge in [-0.15, -0.1) is 0 Å². The maximum atomic E-state index is 2.59. The molecule has 0 aromatic heterocycles. The minimum Gasteiger partial charge on any atom is -0.299 e. The zero-order chi connectivity index (χ0) is 13.2. The quantitative estimate of drug-likeness (QED) is 0.779. The molecule has 0 N–H and O–H groups in total. The first-order chi connectivity index (χ1) is 9.29. The minimum absolute atomic E-state index is 0.640. The van der Waals surface area contributed by atoms with Crippen molar-refractivity contribution in [1.82, 2.24) is 4.90 Å². The van der Waals surface area contributed by atoms with Crippen LogP contribution in [0.1, 0.15) is 38.2 Å². The van der Waals surface area contributed by atoms with Gasteiger partial charge in [-0.1, -0.05) is 43.3 Å². The van der Waals surface area contributed by atoms with Crippen molar-refractivity contribution in [2.24, 2.45) is 11.8 Å². The van der Waals surface area contributed by atoms with Crippen molar-refractivity contribution in [2.45, 2.75) is 38.6 Å². The second-order valence-electron chi connectivity index (χ2n) is 6.25. The highest BCUT2D eigenvalue weighted by Crippen LogP contribution is 2.45. The predicted molar refractivity (Wildman–Crippen MR) is 82.0 cm³/mol. The van der Waals surface area contributed by atoms with E-state index in [1.54, 1.807) is 5.57 Å². The van der Waals surface area contributed by atoms with Crippen LogP contribution in [0, 0.1) is 11.8 Å². The largest absolute Gasteiger partial charge is 0.299 e. The molecule has 1 saturated carbocycles. The summed E-state index contributed by atoms with van der Waals surface area (Å²) in [5.74, 6) is 1.72. The lowest BCUT2D eigenvalue weighted by atomic mass is 9.81. The lowest BCUT2D eigenvalue weighted by molar-refractivity contribution is 0.217. The third-order valence-electron chi connectivity index (χ3n) is 4.85. The molecule has 1 aromatic carbocycles. The van der Waals surface area contributed by atoms with Crippen LogP contribution in [0.3, 0.4) is 0 Å². The van der Waals surface area contributed by atoms with E-state index in [1.165, 1.54) is 37.8 Å². The minimum atomic E-state index is 0.640. The Kier molecular flexibility index (Phi) is 3.74. The Balaban J connectivity index is 1.94. The van der Waals surface area contributed by atoms with Gasteiger partial charge in [0.05, 0.1) is 0 Å². The fraction of sp³-hybridized carbons (Fsp3) is 0.556. The van der Waals surface area contributed by atoms with Crippen LogP contribution in [-0.4, -0.2) is 24.5 Å². The lowest BCUT2D eigenvalue weighted by Gasteiger charge is -2.37. The number of hydrogen-bond acceptors (Lipinski definition) is 1. The summed E-state index contributed by atoms with van der Waals surface area (Å²) in [6, 6.07) is 11.7. The molecular weight excluding hydrogens is 230 g/mol. The van der Waals surface area contributed by atoms with Crippen LogP contribution in [-0.2, 0) is 0 Å². The number of likely N-dealkylation sites (N-methyl/N-ethyl adjacent to an activating group) is 1. The molecule has 2 aliphatic rings. The van der Waals surface area contributed by atoms with Gasteiger partial charge in [-0.25, -0.2) is 0 Å². The summed E-state index contributed by atoms with van der Waals surface area (Å²) in [4.78, 5) is 2.59. The van der Waals surface area contributed by atoms with Gasteiger partial charge in [0.2, 0.25) is 0 Å². The summed E-state index contributed by atoms with van der Waals surface area (Å²) >= 11 is 0. The zero-order valence-electron chi connectivity index (χ0n) is 12.2. The van der Waals surface area contributed by atoms with Crippen LogP contribution in [0.15, 0.2) is 36.4 Å². The molecule has 1 nitrogen and oxygen atoms in total. The Morgan fingerprint density at radius 1 is 1.16 bits per heavy atom. The Labute approximate surface area is 117 Å². The summed E-state index contributed by atoms with van der Waals surface area (Å²) in [6.07, 6.45) is 8.05. The summed E-state index contributed by atoms with van der Waals surface area (Å²) in [5, 5.41) is 0. The smallest absolute Gasteiger partial charge is 0.0376 e. The molecule has 1 aromatic rings. The number of hydrogen-bond donors (Lipinski definition) is 0. The van der Waals surface area contributed by atoms with Crippen molar-refractivity contribution < 1.29 is 0 Å². The highest BCUT2D eigenvalue weighted by atomic mass is 15.1. The summed E-state index contributed by atoms with van der Waals surface area (Å²) in [5.41, 5.74) is 3.03.